The molecule has 0 aliphatic rings. The van der Waals surface area contributed by atoms with E-state index in [2.05, 4.69) is 4.98 Å². The number of aromatic nitrogens is 1. The highest BCUT2D eigenvalue weighted by molar-refractivity contribution is 5.90. The predicted molar refractivity (Wildman–Crippen MR) is 108 cm³/mol. The van der Waals surface area contributed by atoms with Crippen molar-refractivity contribution in [1.29, 1.82) is 0 Å². The van der Waals surface area contributed by atoms with Crippen LogP contribution < -0.4 is 4.74 Å². The van der Waals surface area contributed by atoms with Crippen LogP contribution in [-0.2, 0) is 4.74 Å². The third-order valence-electron chi connectivity index (χ3n) is 4.69. The second-order valence-corrected chi connectivity index (χ2v) is 6.46. The lowest BCUT2D eigenvalue weighted by molar-refractivity contribution is 0.0368. The molecule has 144 valence electrons. The average Bonchev–Trinajstić information content (AvgIpc) is 2.77. The van der Waals surface area contributed by atoms with E-state index in [4.69, 9.17) is 9.47 Å². The van der Waals surface area contributed by atoms with Crippen molar-refractivity contribution in [3.63, 3.8) is 0 Å². The minimum absolute atomic E-state index is 0.119. The van der Waals surface area contributed by atoms with Gasteiger partial charge in [0, 0.05) is 11.6 Å². The molecule has 1 heterocycles. The van der Waals surface area contributed by atoms with Gasteiger partial charge < -0.3 is 9.47 Å². The maximum atomic E-state index is 14.1. The zero-order valence-electron chi connectivity index (χ0n) is 15.7. The Morgan fingerprint density at radius 3 is 2.41 bits per heavy atom. The quantitative estimate of drug-likeness (QED) is 0.434. The highest BCUT2D eigenvalue weighted by Crippen LogP contribution is 2.32. The molecule has 0 spiro atoms. The number of carbonyl (C=O) groups is 1. The first-order valence-corrected chi connectivity index (χ1v) is 9.10. The molecule has 0 radical (unpaired) electrons. The third kappa shape index (κ3) is 3.80. The predicted octanol–water partition coefficient (Wildman–Crippen LogP) is 5.33. The summed E-state index contributed by atoms with van der Waals surface area (Å²) in [6.07, 6.45) is 0.865. The molecule has 0 bridgehead atoms. The van der Waals surface area contributed by atoms with E-state index in [0.717, 1.165) is 10.8 Å². The molecule has 0 aliphatic heterocycles. The van der Waals surface area contributed by atoms with Crippen LogP contribution in [0.3, 0.4) is 0 Å². The first-order chi connectivity index (χ1) is 14.2. The lowest BCUT2D eigenvalue weighted by Gasteiger charge is -2.20. The molecule has 0 saturated carbocycles. The molecule has 0 saturated heterocycles. The molecule has 5 heteroatoms. The van der Waals surface area contributed by atoms with E-state index < -0.39 is 17.9 Å². The molecule has 4 aromatic rings. The molecular weight excluding hydrogens is 369 g/mol. The number of carbonyl (C=O) groups excluding carboxylic acids is 1. The Bertz CT molecular complexity index is 1150. The molecule has 0 fully saturated rings. The second kappa shape index (κ2) is 8.10. The Hall–Kier alpha value is -3.73. The fourth-order valence-corrected chi connectivity index (χ4v) is 3.21. The van der Waals surface area contributed by atoms with Crippen molar-refractivity contribution >= 4 is 16.7 Å². The van der Waals surface area contributed by atoms with Crippen LogP contribution in [0.1, 0.15) is 27.7 Å². The smallest absolute Gasteiger partial charge is 0.342 e. The number of esters is 1. The summed E-state index contributed by atoms with van der Waals surface area (Å²) in [5.74, 6) is -0.700. The molecule has 3 aromatic carbocycles. The summed E-state index contributed by atoms with van der Waals surface area (Å²) in [4.78, 5) is 17.3. The molecule has 1 unspecified atom stereocenters. The number of nitrogens with zero attached hydrogens (tertiary/aromatic N) is 1. The van der Waals surface area contributed by atoms with Crippen LogP contribution in [0, 0.1) is 5.82 Å². The number of fused-ring (bicyclic) bond motifs is 1. The molecule has 0 amide bonds. The van der Waals surface area contributed by atoms with Crippen molar-refractivity contribution in [2.24, 2.45) is 0 Å². The van der Waals surface area contributed by atoms with Gasteiger partial charge in [0.1, 0.15) is 11.6 Å². The number of ether oxygens (including phenoxy) is 2. The molecule has 4 rings (SSSR count). The standard InChI is InChI=1S/C24H18FNO3/c1-28-18-12-10-17(11-13-18)23(29-24(27)20-8-4-5-9-21(20)25)22-19-7-3-2-6-16(19)14-15-26-22/h2-15,23H,1H3. The molecule has 1 aromatic heterocycles. The van der Waals surface area contributed by atoms with Gasteiger partial charge in [0.2, 0.25) is 0 Å². The van der Waals surface area contributed by atoms with Gasteiger partial charge in [-0.15, -0.1) is 0 Å². The van der Waals surface area contributed by atoms with Gasteiger partial charge in [0.05, 0.1) is 18.4 Å². The average molecular weight is 387 g/mol. The number of hydrogen-bond donors (Lipinski definition) is 0. The molecule has 29 heavy (non-hydrogen) atoms. The van der Waals surface area contributed by atoms with E-state index in [1.165, 1.54) is 18.2 Å². The zero-order valence-corrected chi connectivity index (χ0v) is 15.7. The van der Waals surface area contributed by atoms with Gasteiger partial charge in [0.25, 0.3) is 0 Å². The highest BCUT2D eigenvalue weighted by Gasteiger charge is 2.24. The van der Waals surface area contributed by atoms with Gasteiger partial charge in [-0.1, -0.05) is 48.5 Å². The van der Waals surface area contributed by atoms with Crippen LogP contribution in [-0.4, -0.2) is 18.1 Å². The summed E-state index contributed by atoms with van der Waals surface area (Å²) in [6, 6.07) is 22.5. The second-order valence-electron chi connectivity index (χ2n) is 6.46. The Morgan fingerprint density at radius 2 is 1.66 bits per heavy atom. The normalized spacial score (nSPS) is 11.8. The van der Waals surface area contributed by atoms with E-state index in [-0.39, 0.29) is 5.56 Å². The first-order valence-electron chi connectivity index (χ1n) is 9.10. The van der Waals surface area contributed by atoms with Gasteiger partial charge in [-0.05, 0) is 41.3 Å². The number of halogens is 1. The Labute approximate surface area is 167 Å². The first kappa shape index (κ1) is 18.6. The molecule has 4 nitrogen and oxygen atoms in total. The minimum atomic E-state index is -0.806. The highest BCUT2D eigenvalue weighted by atomic mass is 19.1. The van der Waals surface area contributed by atoms with E-state index in [1.807, 2.05) is 42.5 Å². The topological polar surface area (TPSA) is 48.4 Å². The van der Waals surface area contributed by atoms with Crippen molar-refractivity contribution in [3.05, 3.63) is 108 Å². The molecule has 0 N–H and O–H groups in total. The number of rotatable bonds is 5. The Morgan fingerprint density at radius 1 is 0.931 bits per heavy atom. The van der Waals surface area contributed by atoms with Gasteiger partial charge in [-0.3, -0.25) is 4.98 Å². The number of hydrogen-bond acceptors (Lipinski definition) is 4. The maximum Gasteiger partial charge on any atom is 0.342 e. The van der Waals surface area contributed by atoms with E-state index in [0.29, 0.717) is 17.0 Å². The molecule has 1 atom stereocenters. The van der Waals surface area contributed by atoms with Gasteiger partial charge in [-0.2, -0.15) is 0 Å². The van der Waals surface area contributed by atoms with Crippen molar-refractivity contribution in [2.75, 3.05) is 7.11 Å². The Balaban J connectivity index is 1.80. The van der Waals surface area contributed by atoms with Crippen LogP contribution in [0.5, 0.6) is 5.75 Å². The van der Waals surface area contributed by atoms with Crippen molar-refractivity contribution in [1.82, 2.24) is 4.98 Å². The van der Waals surface area contributed by atoms with Gasteiger partial charge in [0.15, 0.2) is 6.10 Å². The van der Waals surface area contributed by atoms with E-state index >= 15 is 0 Å². The largest absolute Gasteiger partial charge is 0.497 e. The zero-order chi connectivity index (χ0) is 20.2. The van der Waals surface area contributed by atoms with Crippen LogP contribution in [0.15, 0.2) is 85.1 Å². The van der Waals surface area contributed by atoms with Gasteiger partial charge in [-0.25, -0.2) is 9.18 Å². The number of benzene rings is 3. The summed E-state index contributed by atoms with van der Waals surface area (Å²) in [5.41, 5.74) is 1.17. The van der Waals surface area contributed by atoms with Crippen molar-refractivity contribution in [3.8, 4) is 5.75 Å². The van der Waals surface area contributed by atoms with E-state index in [1.54, 1.807) is 31.5 Å². The molecular formula is C24H18FNO3. The van der Waals surface area contributed by atoms with Crippen molar-refractivity contribution < 1.29 is 18.7 Å². The minimum Gasteiger partial charge on any atom is -0.497 e. The van der Waals surface area contributed by atoms with E-state index in [9.17, 15) is 9.18 Å². The fourth-order valence-electron chi connectivity index (χ4n) is 3.21. The summed E-state index contributed by atoms with van der Waals surface area (Å²) in [5, 5.41) is 1.83. The van der Waals surface area contributed by atoms with Crippen LogP contribution >= 0.6 is 0 Å². The maximum absolute atomic E-state index is 14.1. The molecule has 0 aliphatic carbocycles. The lowest BCUT2D eigenvalue weighted by Crippen LogP contribution is -2.15. The summed E-state index contributed by atoms with van der Waals surface area (Å²) < 4.78 is 25.1. The SMILES string of the molecule is COc1ccc(C(OC(=O)c2ccccc2F)c2nccc3ccccc23)cc1. The monoisotopic (exact) mass is 387 g/mol. The lowest BCUT2D eigenvalue weighted by atomic mass is 10.0. The summed E-state index contributed by atoms with van der Waals surface area (Å²) in [6.45, 7) is 0. The number of methoxy groups -OCH3 is 1. The Kier molecular flexibility index (Phi) is 5.20. The number of pyridine rings is 1. The summed E-state index contributed by atoms with van der Waals surface area (Å²) in [7, 11) is 1.58. The fraction of sp³-hybridized carbons (Fsp3) is 0.0833. The van der Waals surface area contributed by atoms with Crippen LogP contribution in [0.4, 0.5) is 4.39 Å². The third-order valence-corrected chi connectivity index (χ3v) is 4.69. The van der Waals surface area contributed by atoms with Gasteiger partial charge >= 0.3 is 5.97 Å². The van der Waals surface area contributed by atoms with Crippen molar-refractivity contribution in [2.45, 2.75) is 6.10 Å². The summed E-state index contributed by atoms with van der Waals surface area (Å²) >= 11 is 0. The van der Waals surface area contributed by atoms with Crippen LogP contribution in [0.2, 0.25) is 0 Å². The van der Waals surface area contributed by atoms with Crippen LogP contribution in [0.25, 0.3) is 10.8 Å².